The summed E-state index contributed by atoms with van der Waals surface area (Å²) in [6.07, 6.45) is 1.14. The van der Waals surface area contributed by atoms with E-state index in [1.807, 2.05) is 0 Å². The summed E-state index contributed by atoms with van der Waals surface area (Å²) in [6, 6.07) is 6.41. The summed E-state index contributed by atoms with van der Waals surface area (Å²) in [6.45, 7) is 0.634. The lowest BCUT2D eigenvalue weighted by Crippen LogP contribution is -2.12. The molecule has 1 aromatic rings. The van der Waals surface area contributed by atoms with Gasteiger partial charge in [0.05, 0.1) is 18.8 Å². The van der Waals surface area contributed by atoms with Crippen molar-refractivity contribution in [3.8, 4) is 0 Å². The van der Waals surface area contributed by atoms with E-state index in [2.05, 4.69) is 0 Å². The summed E-state index contributed by atoms with van der Waals surface area (Å²) < 4.78 is 31.8. The molecule has 0 aliphatic rings. The van der Waals surface area contributed by atoms with Gasteiger partial charge in [0, 0.05) is 17.7 Å². The number of ether oxygens (including phenoxy) is 2. The lowest BCUT2D eigenvalue weighted by molar-refractivity contribution is 0.0339. The Kier molecular flexibility index (Phi) is 6.83. The summed E-state index contributed by atoms with van der Waals surface area (Å²) in [5.41, 5.74) is 6.51. The van der Waals surface area contributed by atoms with Crippen LogP contribution in [0.3, 0.4) is 0 Å². The predicted octanol–water partition coefficient (Wildman–Crippen LogP) is 1.14. The van der Waals surface area contributed by atoms with Crippen LogP contribution >= 0.6 is 10.8 Å². The number of anilines is 1. The first-order chi connectivity index (χ1) is 9.38. The highest BCUT2D eigenvalue weighted by Gasteiger charge is 2.06. The minimum atomic E-state index is -3.03. The van der Waals surface area contributed by atoms with Gasteiger partial charge in [-0.05, 0) is 35.1 Å². The Morgan fingerprint density at radius 3 is 2.45 bits per heavy atom. The SMILES string of the molecule is CS(=O)(=O)SCCOCCOC(=O)c1ccc(N)cc1. The molecule has 2 N–H and O–H groups in total. The minimum Gasteiger partial charge on any atom is -0.460 e. The van der Waals surface area contributed by atoms with Crippen LogP contribution in [0.1, 0.15) is 10.4 Å². The van der Waals surface area contributed by atoms with Crippen LogP contribution in [0.4, 0.5) is 5.69 Å². The van der Waals surface area contributed by atoms with Crippen LogP contribution in [-0.4, -0.2) is 46.2 Å². The zero-order chi connectivity index (χ0) is 15.0. The van der Waals surface area contributed by atoms with E-state index in [1.165, 1.54) is 0 Å². The molecular weight excluding hydrogens is 302 g/mol. The van der Waals surface area contributed by atoms with Gasteiger partial charge in [0.25, 0.3) is 0 Å². The second kappa shape index (κ2) is 8.13. The second-order valence-corrected chi connectivity index (χ2v) is 8.47. The fourth-order valence-corrected chi connectivity index (χ4v) is 2.84. The van der Waals surface area contributed by atoms with Crippen molar-refractivity contribution in [2.45, 2.75) is 0 Å². The van der Waals surface area contributed by atoms with Gasteiger partial charge in [-0.15, -0.1) is 0 Å². The zero-order valence-corrected chi connectivity index (χ0v) is 12.7. The third kappa shape index (κ3) is 7.37. The van der Waals surface area contributed by atoms with Crippen molar-refractivity contribution in [1.82, 2.24) is 0 Å². The minimum absolute atomic E-state index is 0.118. The molecule has 1 rings (SSSR count). The van der Waals surface area contributed by atoms with E-state index >= 15 is 0 Å². The molecule has 20 heavy (non-hydrogen) atoms. The van der Waals surface area contributed by atoms with E-state index in [0.717, 1.165) is 17.0 Å². The molecule has 112 valence electrons. The molecule has 1 aromatic carbocycles. The number of carbonyl (C=O) groups is 1. The molecule has 0 aromatic heterocycles. The molecule has 0 heterocycles. The van der Waals surface area contributed by atoms with Gasteiger partial charge in [-0.2, -0.15) is 0 Å². The second-order valence-electron chi connectivity index (χ2n) is 3.90. The Hall–Kier alpha value is -1.25. The van der Waals surface area contributed by atoms with E-state index in [9.17, 15) is 13.2 Å². The van der Waals surface area contributed by atoms with Crippen LogP contribution in [0.2, 0.25) is 0 Å². The third-order valence-corrected chi connectivity index (χ3v) is 4.68. The normalized spacial score (nSPS) is 11.2. The van der Waals surface area contributed by atoms with Gasteiger partial charge in [-0.1, -0.05) is 0 Å². The van der Waals surface area contributed by atoms with Crippen LogP contribution in [0.25, 0.3) is 0 Å². The molecule has 0 atom stereocenters. The molecule has 0 spiro atoms. The molecule has 0 saturated carbocycles. The Morgan fingerprint density at radius 2 is 1.85 bits per heavy atom. The monoisotopic (exact) mass is 319 g/mol. The third-order valence-electron chi connectivity index (χ3n) is 2.13. The fourth-order valence-electron chi connectivity index (χ4n) is 1.24. The number of nitrogen functional groups attached to an aromatic ring is 1. The zero-order valence-electron chi connectivity index (χ0n) is 11.1. The van der Waals surface area contributed by atoms with Gasteiger partial charge in [0.1, 0.15) is 6.61 Å². The van der Waals surface area contributed by atoms with E-state index in [4.69, 9.17) is 15.2 Å². The summed E-state index contributed by atoms with van der Waals surface area (Å²) in [4.78, 5) is 11.6. The molecule has 0 radical (unpaired) electrons. The molecular formula is C12H17NO5S2. The lowest BCUT2D eigenvalue weighted by Gasteiger charge is -2.06. The maximum Gasteiger partial charge on any atom is 0.338 e. The van der Waals surface area contributed by atoms with Gasteiger partial charge < -0.3 is 15.2 Å². The van der Waals surface area contributed by atoms with Crippen LogP contribution < -0.4 is 5.73 Å². The highest BCUT2D eigenvalue weighted by atomic mass is 33.1. The summed E-state index contributed by atoms with van der Waals surface area (Å²) in [5.74, 6) is -0.0933. The average Bonchev–Trinajstić information content (AvgIpc) is 2.37. The Labute approximate surface area is 121 Å². The first kappa shape index (κ1) is 16.8. The van der Waals surface area contributed by atoms with Gasteiger partial charge in [-0.3, -0.25) is 0 Å². The summed E-state index contributed by atoms with van der Waals surface area (Å²) >= 11 is 0. The van der Waals surface area contributed by atoms with Crippen molar-refractivity contribution in [2.75, 3.05) is 37.6 Å². The van der Waals surface area contributed by atoms with E-state index in [1.54, 1.807) is 24.3 Å². The van der Waals surface area contributed by atoms with Crippen molar-refractivity contribution >= 4 is 31.3 Å². The molecule has 6 nitrogen and oxygen atoms in total. The largest absolute Gasteiger partial charge is 0.460 e. The van der Waals surface area contributed by atoms with Crippen molar-refractivity contribution in [3.05, 3.63) is 29.8 Å². The highest BCUT2D eigenvalue weighted by Crippen LogP contribution is 2.08. The molecule has 0 saturated heterocycles. The van der Waals surface area contributed by atoms with Crippen molar-refractivity contribution in [1.29, 1.82) is 0 Å². The first-order valence-electron chi connectivity index (χ1n) is 5.83. The standard InChI is InChI=1S/C12H17NO5S2/c1-20(15,16)19-9-8-17-6-7-18-12(14)10-2-4-11(13)5-3-10/h2-5H,6-9,13H2,1H3. The molecule has 0 aliphatic carbocycles. The molecule has 0 bridgehead atoms. The Bertz CT molecular complexity index is 527. The van der Waals surface area contributed by atoms with Crippen molar-refractivity contribution in [2.24, 2.45) is 0 Å². The summed E-state index contributed by atoms with van der Waals surface area (Å²) in [5, 5.41) is 0. The maximum atomic E-state index is 11.6. The van der Waals surface area contributed by atoms with Gasteiger partial charge in [-0.25, -0.2) is 13.2 Å². The first-order valence-corrected chi connectivity index (χ1v) is 9.23. The van der Waals surface area contributed by atoms with E-state index < -0.39 is 14.8 Å². The van der Waals surface area contributed by atoms with E-state index in [-0.39, 0.29) is 19.8 Å². The fraction of sp³-hybridized carbons (Fsp3) is 0.417. The van der Waals surface area contributed by atoms with Crippen molar-refractivity contribution < 1.29 is 22.7 Å². The molecule has 0 unspecified atom stereocenters. The van der Waals surface area contributed by atoms with Crippen LogP contribution in [-0.2, 0) is 18.3 Å². The molecule has 0 amide bonds. The number of carbonyl (C=O) groups excluding carboxylic acids is 1. The number of benzene rings is 1. The maximum absolute atomic E-state index is 11.6. The smallest absolute Gasteiger partial charge is 0.338 e. The topological polar surface area (TPSA) is 95.7 Å². The average molecular weight is 319 g/mol. The number of hydrogen-bond donors (Lipinski definition) is 1. The van der Waals surface area contributed by atoms with Gasteiger partial charge in [0.2, 0.25) is 0 Å². The number of hydrogen-bond acceptors (Lipinski definition) is 7. The Balaban J connectivity index is 2.12. The molecule has 0 fully saturated rings. The van der Waals surface area contributed by atoms with Crippen molar-refractivity contribution in [3.63, 3.8) is 0 Å². The number of nitrogens with two attached hydrogens (primary N) is 1. The molecule has 0 aliphatic heterocycles. The highest BCUT2D eigenvalue weighted by molar-refractivity contribution is 8.71. The van der Waals surface area contributed by atoms with E-state index in [0.29, 0.717) is 17.0 Å². The molecule has 8 heteroatoms. The summed E-state index contributed by atoms with van der Waals surface area (Å²) in [7, 11) is -2.21. The van der Waals surface area contributed by atoms with Crippen LogP contribution in [0.5, 0.6) is 0 Å². The number of esters is 1. The predicted molar refractivity (Wildman–Crippen MR) is 79.3 cm³/mol. The van der Waals surface area contributed by atoms with Gasteiger partial charge in [0.15, 0.2) is 8.87 Å². The lowest BCUT2D eigenvalue weighted by atomic mass is 10.2. The quantitative estimate of drug-likeness (QED) is 0.332. The van der Waals surface area contributed by atoms with Gasteiger partial charge >= 0.3 is 5.97 Å². The Morgan fingerprint density at radius 1 is 1.20 bits per heavy atom. The van der Waals surface area contributed by atoms with Crippen LogP contribution in [0, 0.1) is 0 Å². The number of rotatable bonds is 8. The van der Waals surface area contributed by atoms with Crippen LogP contribution in [0.15, 0.2) is 24.3 Å².